The van der Waals surface area contributed by atoms with Gasteiger partial charge in [-0.1, -0.05) is 23.4 Å². The van der Waals surface area contributed by atoms with Gasteiger partial charge in [-0.25, -0.2) is 14.4 Å². The summed E-state index contributed by atoms with van der Waals surface area (Å²) in [5.41, 5.74) is 6.34. The van der Waals surface area contributed by atoms with E-state index in [1.807, 2.05) is 0 Å². The Labute approximate surface area is 151 Å². The number of aromatic nitrogens is 2. The first-order valence-electron chi connectivity index (χ1n) is 7.40. The molecule has 2 aromatic rings. The highest BCUT2D eigenvalue weighted by Gasteiger charge is 2.35. The van der Waals surface area contributed by atoms with Gasteiger partial charge in [-0.2, -0.15) is 0 Å². The molecule has 2 heterocycles. The van der Waals surface area contributed by atoms with Crippen LogP contribution in [0.2, 0.25) is 5.02 Å². The summed E-state index contributed by atoms with van der Waals surface area (Å²) in [6, 6.07) is 3.74. The van der Waals surface area contributed by atoms with Gasteiger partial charge in [-0.05, 0) is 25.1 Å². The number of thioether (sulfide) groups is 1. The van der Waals surface area contributed by atoms with Crippen LogP contribution in [0, 0.1) is 5.82 Å². The molecule has 1 aromatic carbocycles. The molecule has 130 valence electrons. The minimum absolute atomic E-state index is 0.0588. The second-order valence-corrected chi connectivity index (χ2v) is 6.83. The zero-order valence-corrected chi connectivity index (χ0v) is 14.7. The van der Waals surface area contributed by atoms with Gasteiger partial charge in [-0.3, -0.25) is 9.59 Å². The highest BCUT2D eigenvalue weighted by Crippen LogP contribution is 2.38. The molecule has 1 aliphatic rings. The number of carbonyl (C=O) groups is 2. The van der Waals surface area contributed by atoms with Crippen molar-refractivity contribution in [2.45, 2.75) is 23.6 Å². The number of hydrogen-bond acceptors (Lipinski definition) is 7. The largest absolute Gasteiger partial charge is 0.465 e. The van der Waals surface area contributed by atoms with Crippen molar-refractivity contribution in [1.82, 2.24) is 9.97 Å². The Bertz CT molecular complexity index is 878. The number of benzene rings is 1. The molecule has 0 saturated carbocycles. The number of fused-ring (bicyclic) bond motifs is 1. The minimum Gasteiger partial charge on any atom is -0.465 e. The molecule has 9 heteroatoms. The van der Waals surface area contributed by atoms with Crippen molar-refractivity contribution in [3.05, 3.63) is 45.9 Å². The summed E-state index contributed by atoms with van der Waals surface area (Å²) in [4.78, 5) is 32.8. The molecular weight excluding hydrogens is 369 g/mol. The van der Waals surface area contributed by atoms with Gasteiger partial charge in [-0.15, -0.1) is 0 Å². The highest BCUT2D eigenvalue weighted by atomic mass is 35.5. The van der Waals surface area contributed by atoms with E-state index in [9.17, 15) is 14.0 Å². The molecule has 0 fully saturated rings. The number of rotatable bonds is 4. The summed E-state index contributed by atoms with van der Waals surface area (Å²) in [6.07, 6.45) is 0.246. The van der Waals surface area contributed by atoms with Crippen molar-refractivity contribution in [3.63, 3.8) is 0 Å². The Morgan fingerprint density at radius 2 is 2.20 bits per heavy atom. The summed E-state index contributed by atoms with van der Waals surface area (Å²) in [5.74, 6) is -1.69. The van der Waals surface area contributed by atoms with Crippen LogP contribution in [-0.4, -0.2) is 33.6 Å². The van der Waals surface area contributed by atoms with Gasteiger partial charge in [0.25, 0.3) is 0 Å². The SMILES string of the molecule is CCOC(=O)C1Cc2c(nc(N)nc2C(=O)c2ccc(Cl)c(F)c2)S1. The van der Waals surface area contributed by atoms with Crippen LogP contribution in [0.4, 0.5) is 10.3 Å². The van der Waals surface area contributed by atoms with Crippen molar-refractivity contribution < 1.29 is 18.7 Å². The van der Waals surface area contributed by atoms with Gasteiger partial charge in [0.2, 0.25) is 11.7 Å². The van der Waals surface area contributed by atoms with E-state index in [1.165, 1.54) is 23.9 Å². The third kappa shape index (κ3) is 3.45. The normalized spacial score (nSPS) is 15.7. The van der Waals surface area contributed by atoms with Crippen LogP contribution < -0.4 is 5.73 Å². The van der Waals surface area contributed by atoms with E-state index < -0.39 is 16.9 Å². The summed E-state index contributed by atoms with van der Waals surface area (Å²) in [6.45, 7) is 1.97. The molecule has 1 aliphatic heterocycles. The molecule has 1 atom stereocenters. The quantitative estimate of drug-likeness (QED) is 0.494. The first kappa shape index (κ1) is 17.6. The van der Waals surface area contributed by atoms with Crippen LogP contribution in [0.25, 0.3) is 0 Å². The van der Waals surface area contributed by atoms with E-state index >= 15 is 0 Å². The molecule has 0 spiro atoms. The summed E-state index contributed by atoms with van der Waals surface area (Å²) >= 11 is 6.83. The average Bonchev–Trinajstić information content (AvgIpc) is 3.00. The predicted octanol–water partition coefficient (Wildman–Crippen LogP) is 2.66. The van der Waals surface area contributed by atoms with Gasteiger partial charge in [0.1, 0.15) is 21.8 Å². The maximum absolute atomic E-state index is 13.7. The molecular formula is C16H13ClFN3O3S. The molecule has 2 N–H and O–H groups in total. The fraction of sp³-hybridized carbons (Fsp3) is 0.250. The number of nitrogens with zero attached hydrogens (tertiary/aromatic N) is 2. The molecule has 0 aliphatic carbocycles. The van der Waals surface area contributed by atoms with Gasteiger partial charge in [0.15, 0.2) is 0 Å². The molecule has 25 heavy (non-hydrogen) atoms. The lowest BCUT2D eigenvalue weighted by Crippen LogP contribution is -2.20. The van der Waals surface area contributed by atoms with E-state index in [1.54, 1.807) is 6.92 Å². The van der Waals surface area contributed by atoms with Crippen molar-refractivity contribution in [2.24, 2.45) is 0 Å². The smallest absolute Gasteiger partial charge is 0.319 e. The van der Waals surface area contributed by atoms with E-state index in [0.29, 0.717) is 10.6 Å². The second kappa shape index (κ2) is 6.97. The van der Waals surface area contributed by atoms with Crippen LogP contribution in [0.3, 0.4) is 0 Å². The summed E-state index contributed by atoms with van der Waals surface area (Å²) in [5, 5.41) is -0.134. The molecule has 3 rings (SSSR count). The van der Waals surface area contributed by atoms with Gasteiger partial charge in [0.05, 0.1) is 11.6 Å². The Hall–Kier alpha value is -2.19. The number of anilines is 1. The number of esters is 1. The standard InChI is InChI=1S/C16H13ClFN3O3S/c1-2-24-15(23)11-6-8-12(20-16(19)21-14(8)25-11)13(22)7-3-4-9(17)10(18)5-7/h3-5,11H,2,6H2,1H3,(H2,19,20,21). The first-order valence-corrected chi connectivity index (χ1v) is 8.66. The van der Waals surface area contributed by atoms with Gasteiger partial charge >= 0.3 is 5.97 Å². The topological polar surface area (TPSA) is 95.2 Å². The Morgan fingerprint density at radius 3 is 2.88 bits per heavy atom. The second-order valence-electron chi connectivity index (χ2n) is 5.23. The molecule has 1 aromatic heterocycles. The predicted molar refractivity (Wildman–Crippen MR) is 91.3 cm³/mol. The number of nitrogens with two attached hydrogens (primary N) is 1. The minimum atomic E-state index is -0.704. The maximum Gasteiger partial charge on any atom is 0.319 e. The number of nitrogen functional groups attached to an aromatic ring is 1. The lowest BCUT2D eigenvalue weighted by Gasteiger charge is -2.07. The van der Waals surface area contributed by atoms with Crippen LogP contribution in [-0.2, 0) is 16.0 Å². The van der Waals surface area contributed by atoms with Crippen LogP contribution >= 0.6 is 23.4 Å². The van der Waals surface area contributed by atoms with E-state index in [2.05, 4.69) is 9.97 Å². The van der Waals surface area contributed by atoms with E-state index in [-0.39, 0.29) is 41.2 Å². The van der Waals surface area contributed by atoms with E-state index in [4.69, 9.17) is 22.1 Å². The maximum atomic E-state index is 13.7. The van der Waals surface area contributed by atoms with Crippen LogP contribution in [0.15, 0.2) is 23.2 Å². The van der Waals surface area contributed by atoms with Crippen molar-refractivity contribution in [3.8, 4) is 0 Å². The van der Waals surface area contributed by atoms with Crippen molar-refractivity contribution in [1.29, 1.82) is 0 Å². The molecule has 6 nitrogen and oxygen atoms in total. The van der Waals surface area contributed by atoms with Crippen molar-refractivity contribution in [2.75, 3.05) is 12.3 Å². The zero-order valence-electron chi connectivity index (χ0n) is 13.1. The average molecular weight is 382 g/mol. The fourth-order valence-corrected chi connectivity index (χ4v) is 3.72. The third-order valence-corrected chi connectivity index (χ3v) is 5.09. The first-order chi connectivity index (χ1) is 11.9. The Morgan fingerprint density at radius 1 is 1.44 bits per heavy atom. The molecule has 0 amide bonds. The number of ketones is 1. The van der Waals surface area contributed by atoms with Crippen molar-refractivity contribution >= 4 is 41.1 Å². The van der Waals surface area contributed by atoms with Crippen LogP contribution in [0.1, 0.15) is 28.5 Å². The number of carbonyl (C=O) groups excluding carboxylic acids is 2. The van der Waals surface area contributed by atoms with Gasteiger partial charge in [0, 0.05) is 17.5 Å². The highest BCUT2D eigenvalue weighted by molar-refractivity contribution is 8.00. The third-order valence-electron chi connectivity index (χ3n) is 3.58. The fourth-order valence-electron chi connectivity index (χ4n) is 2.45. The lowest BCUT2D eigenvalue weighted by molar-refractivity contribution is -0.142. The molecule has 0 radical (unpaired) electrons. The lowest BCUT2D eigenvalue weighted by atomic mass is 10.0. The Balaban J connectivity index is 1.98. The van der Waals surface area contributed by atoms with Crippen LogP contribution in [0.5, 0.6) is 0 Å². The number of halogens is 2. The van der Waals surface area contributed by atoms with E-state index in [0.717, 1.165) is 6.07 Å². The Kier molecular flexibility index (Phi) is 4.91. The summed E-state index contributed by atoms with van der Waals surface area (Å²) < 4.78 is 18.7. The van der Waals surface area contributed by atoms with Gasteiger partial charge < -0.3 is 10.5 Å². The number of hydrogen-bond donors (Lipinski definition) is 1. The monoisotopic (exact) mass is 381 g/mol. The summed E-state index contributed by atoms with van der Waals surface area (Å²) in [7, 11) is 0. The molecule has 0 bridgehead atoms. The molecule has 0 saturated heterocycles. The number of ether oxygens (including phenoxy) is 1. The zero-order chi connectivity index (χ0) is 18.1. The molecule has 1 unspecified atom stereocenters.